The summed E-state index contributed by atoms with van der Waals surface area (Å²) in [5, 5.41) is 0. The molecule has 1 N–H and O–H groups in total. The van der Waals surface area contributed by atoms with Gasteiger partial charge in [-0.1, -0.05) is 44.2 Å². The maximum atomic E-state index is 13.7. The number of benzene rings is 2. The zero-order chi connectivity index (χ0) is 24.6. The molecule has 182 valence electrons. The minimum atomic E-state index is -4.09. The van der Waals surface area contributed by atoms with Gasteiger partial charge in [-0.2, -0.15) is 4.31 Å². The van der Waals surface area contributed by atoms with Gasteiger partial charge in [-0.3, -0.25) is 9.63 Å². The molecular weight excluding hydrogens is 446 g/mol. The van der Waals surface area contributed by atoms with Gasteiger partial charge in [0.15, 0.2) is 0 Å². The first kappa shape index (κ1) is 26.8. The average molecular weight is 480 g/mol. The van der Waals surface area contributed by atoms with Crippen LogP contribution in [0.1, 0.15) is 40.2 Å². The molecule has 0 radical (unpaired) electrons. The Labute approximate surface area is 195 Å². The van der Waals surface area contributed by atoms with E-state index in [1.165, 1.54) is 28.6 Å². The Hall–Kier alpha value is -2.49. The highest BCUT2D eigenvalue weighted by atomic mass is 32.2. The molecule has 0 fully saturated rings. The Morgan fingerprint density at radius 1 is 1.06 bits per heavy atom. The van der Waals surface area contributed by atoms with Crippen LogP contribution < -0.4 is 10.2 Å². The number of rotatable bonds is 11. The first-order valence-corrected chi connectivity index (χ1v) is 12.2. The van der Waals surface area contributed by atoms with Crippen molar-refractivity contribution in [2.75, 3.05) is 13.3 Å². The van der Waals surface area contributed by atoms with Gasteiger partial charge in [0.05, 0.1) is 10.5 Å². The Bertz CT molecular complexity index is 990. The zero-order valence-corrected chi connectivity index (χ0v) is 20.6. The van der Waals surface area contributed by atoms with Crippen molar-refractivity contribution in [3.8, 4) is 5.75 Å². The summed E-state index contributed by atoms with van der Waals surface area (Å²) in [6, 6.07) is 13.8. The molecule has 0 heterocycles. The summed E-state index contributed by atoms with van der Waals surface area (Å²) < 4.78 is 46.2. The standard InChI is InChI=1S/C24H33FN2O5S/c1-18(2)22(23(28)26-32-24(3,4)5)27(17-19-9-7-6-8-10-19)33(29,30)21-13-11-20(12-14-21)31-16-15-25/h6-14,18,22H,15-17H2,1-5H3,(H,26,28)/t22-/m1/s1/i25-1. The third kappa shape index (κ3) is 7.80. The fraction of sp³-hybridized carbons (Fsp3) is 0.458. The van der Waals surface area contributed by atoms with E-state index < -0.39 is 34.2 Å². The van der Waals surface area contributed by atoms with E-state index in [-0.39, 0.29) is 24.0 Å². The van der Waals surface area contributed by atoms with Gasteiger partial charge < -0.3 is 4.74 Å². The van der Waals surface area contributed by atoms with E-state index in [0.29, 0.717) is 5.75 Å². The maximum absolute atomic E-state index is 13.7. The van der Waals surface area contributed by atoms with E-state index in [0.717, 1.165) is 5.56 Å². The lowest BCUT2D eigenvalue weighted by molar-refractivity contribution is -0.151. The number of nitrogens with zero attached hydrogens (tertiary/aromatic N) is 1. The van der Waals surface area contributed by atoms with Crippen molar-refractivity contribution in [1.82, 2.24) is 9.79 Å². The van der Waals surface area contributed by atoms with Gasteiger partial charge in [0, 0.05) is 6.54 Å². The second-order valence-electron chi connectivity index (χ2n) is 8.91. The molecule has 0 aliphatic rings. The number of alkyl halides is 1. The molecule has 1 atom stereocenters. The summed E-state index contributed by atoms with van der Waals surface area (Å²) in [4.78, 5) is 18.5. The highest BCUT2D eigenvalue weighted by Gasteiger charge is 2.38. The molecule has 0 aliphatic heterocycles. The first-order chi connectivity index (χ1) is 15.5. The molecule has 2 aromatic carbocycles. The molecule has 0 spiro atoms. The molecule has 2 rings (SSSR count). The van der Waals surface area contributed by atoms with Crippen molar-refractivity contribution in [2.45, 2.75) is 57.7 Å². The molecule has 0 unspecified atom stereocenters. The maximum Gasteiger partial charge on any atom is 0.262 e. The second-order valence-corrected chi connectivity index (χ2v) is 10.8. The lowest BCUT2D eigenvalue weighted by Crippen LogP contribution is -2.52. The minimum Gasteiger partial charge on any atom is -0.491 e. The number of ether oxygens (including phenoxy) is 1. The number of hydrogen-bond donors (Lipinski definition) is 1. The molecule has 9 heteroatoms. The number of hydroxylamine groups is 1. The zero-order valence-electron chi connectivity index (χ0n) is 19.7. The molecule has 0 aromatic heterocycles. The van der Waals surface area contributed by atoms with Crippen LogP contribution in [-0.2, 0) is 26.2 Å². The van der Waals surface area contributed by atoms with Gasteiger partial charge in [0.2, 0.25) is 10.0 Å². The van der Waals surface area contributed by atoms with Gasteiger partial charge in [-0.05, 0) is 56.5 Å². The van der Waals surface area contributed by atoms with Crippen LogP contribution >= 0.6 is 0 Å². The number of halogens is 1. The summed E-state index contributed by atoms with van der Waals surface area (Å²) in [7, 11) is -4.09. The Kier molecular flexibility index (Phi) is 9.39. The number of nitrogens with one attached hydrogen (secondary N) is 1. The molecular formula is C24H33FN2O5S. The number of carbonyl (C=O) groups excluding carboxylic acids is 1. The molecule has 1 amide bonds. The lowest BCUT2D eigenvalue weighted by Gasteiger charge is -2.33. The topological polar surface area (TPSA) is 84.9 Å². The molecule has 33 heavy (non-hydrogen) atoms. The van der Waals surface area contributed by atoms with Crippen molar-refractivity contribution in [3.05, 3.63) is 60.2 Å². The third-order valence-corrected chi connectivity index (χ3v) is 6.47. The second kappa shape index (κ2) is 11.6. The van der Waals surface area contributed by atoms with E-state index in [9.17, 15) is 17.6 Å². The predicted molar refractivity (Wildman–Crippen MR) is 125 cm³/mol. The third-order valence-electron chi connectivity index (χ3n) is 4.63. The van der Waals surface area contributed by atoms with Gasteiger partial charge in [0.25, 0.3) is 5.91 Å². The van der Waals surface area contributed by atoms with Gasteiger partial charge in [-0.15, -0.1) is 0 Å². The van der Waals surface area contributed by atoms with Crippen LogP contribution in [0, 0.1) is 5.92 Å². The van der Waals surface area contributed by atoms with E-state index in [2.05, 4.69) is 5.48 Å². The SMILES string of the molecule is CC(C)[C@H](C(=O)NOC(C)(C)C)N(Cc1ccccc1)S(=O)(=O)c1ccc(OCC[18F])cc1. The highest BCUT2D eigenvalue weighted by molar-refractivity contribution is 7.89. The van der Waals surface area contributed by atoms with Crippen molar-refractivity contribution in [2.24, 2.45) is 5.92 Å². The van der Waals surface area contributed by atoms with Crippen LogP contribution in [0.15, 0.2) is 59.5 Å². The molecule has 2 aromatic rings. The van der Waals surface area contributed by atoms with Gasteiger partial charge in [-0.25, -0.2) is 18.3 Å². The molecule has 0 bridgehead atoms. The summed E-state index contributed by atoms with van der Waals surface area (Å²) in [5.41, 5.74) is 2.52. The fourth-order valence-corrected chi connectivity index (χ4v) is 4.83. The van der Waals surface area contributed by atoms with Crippen LogP contribution in [0.5, 0.6) is 5.75 Å². The van der Waals surface area contributed by atoms with Gasteiger partial charge in [0.1, 0.15) is 25.1 Å². The van der Waals surface area contributed by atoms with E-state index >= 15 is 0 Å². The summed E-state index contributed by atoms with van der Waals surface area (Å²) in [5.74, 6) is -0.542. The van der Waals surface area contributed by atoms with E-state index in [1.54, 1.807) is 46.8 Å². The summed E-state index contributed by atoms with van der Waals surface area (Å²) >= 11 is 0. The van der Waals surface area contributed by atoms with Gasteiger partial charge >= 0.3 is 0 Å². The largest absolute Gasteiger partial charge is 0.491 e. The number of sulfonamides is 1. The van der Waals surface area contributed by atoms with Crippen LogP contribution in [-0.4, -0.2) is 43.6 Å². The number of carbonyl (C=O) groups is 1. The predicted octanol–water partition coefficient (Wildman–Crippen LogP) is 4.10. The number of hydrogen-bond acceptors (Lipinski definition) is 5. The van der Waals surface area contributed by atoms with Crippen molar-refractivity contribution >= 4 is 15.9 Å². The Morgan fingerprint density at radius 3 is 2.18 bits per heavy atom. The fourth-order valence-electron chi connectivity index (χ4n) is 3.13. The molecule has 0 saturated heterocycles. The minimum absolute atomic E-state index is 0.00113. The Balaban J connectivity index is 2.45. The van der Waals surface area contributed by atoms with E-state index in [4.69, 9.17) is 9.57 Å². The lowest BCUT2D eigenvalue weighted by atomic mass is 10.0. The smallest absolute Gasteiger partial charge is 0.262 e. The number of amides is 1. The van der Waals surface area contributed by atoms with E-state index in [1.807, 2.05) is 18.2 Å². The normalized spacial score (nSPS) is 13.2. The molecule has 0 saturated carbocycles. The van der Waals surface area contributed by atoms with Crippen LogP contribution in [0.2, 0.25) is 0 Å². The van der Waals surface area contributed by atoms with Crippen molar-refractivity contribution in [3.63, 3.8) is 0 Å². The average Bonchev–Trinajstić information content (AvgIpc) is 2.76. The first-order valence-electron chi connectivity index (χ1n) is 10.8. The highest BCUT2D eigenvalue weighted by Crippen LogP contribution is 2.26. The summed E-state index contributed by atoms with van der Waals surface area (Å²) in [6.07, 6.45) is 0. The Morgan fingerprint density at radius 2 is 1.67 bits per heavy atom. The van der Waals surface area contributed by atoms with Crippen molar-refractivity contribution in [1.29, 1.82) is 0 Å². The summed E-state index contributed by atoms with van der Waals surface area (Å²) in [6.45, 7) is 8.14. The molecule has 0 aliphatic carbocycles. The van der Waals surface area contributed by atoms with Crippen molar-refractivity contribution < 1.29 is 27.2 Å². The van der Waals surface area contributed by atoms with Crippen LogP contribution in [0.4, 0.5) is 4.39 Å². The quantitative estimate of drug-likeness (QED) is 0.491. The monoisotopic (exact) mass is 479 g/mol. The molecule has 7 nitrogen and oxygen atoms in total. The van der Waals surface area contributed by atoms with Crippen LogP contribution in [0.3, 0.4) is 0 Å². The van der Waals surface area contributed by atoms with Crippen LogP contribution in [0.25, 0.3) is 0 Å².